The maximum Gasteiger partial charge on any atom is 0.182 e. The second-order valence-corrected chi connectivity index (χ2v) is 8.66. The van der Waals surface area contributed by atoms with E-state index < -0.39 is 0 Å². The van der Waals surface area contributed by atoms with Gasteiger partial charge in [0, 0.05) is 11.1 Å². The van der Waals surface area contributed by atoms with Crippen LogP contribution in [0.2, 0.25) is 0 Å². The summed E-state index contributed by atoms with van der Waals surface area (Å²) < 4.78 is 0. The van der Waals surface area contributed by atoms with Gasteiger partial charge in [0.15, 0.2) is 5.78 Å². The first-order valence-corrected chi connectivity index (χ1v) is 10.6. The van der Waals surface area contributed by atoms with Gasteiger partial charge in [0.1, 0.15) is 11.5 Å². The largest absolute Gasteiger partial charge is 0.508 e. The molecule has 2 N–H and O–H groups in total. The van der Waals surface area contributed by atoms with Crippen LogP contribution in [0.25, 0.3) is 11.3 Å². The molecule has 0 saturated heterocycles. The van der Waals surface area contributed by atoms with Gasteiger partial charge in [0.05, 0.1) is 0 Å². The smallest absolute Gasteiger partial charge is 0.182 e. The van der Waals surface area contributed by atoms with Crippen molar-refractivity contribution in [3.8, 4) is 5.75 Å². The van der Waals surface area contributed by atoms with Crippen LogP contribution in [-0.4, -0.2) is 16.0 Å². The molecule has 0 heterocycles. The third kappa shape index (κ3) is 4.41. The van der Waals surface area contributed by atoms with E-state index in [9.17, 15) is 15.0 Å². The maximum absolute atomic E-state index is 12.4. The Hall–Kier alpha value is -3.33. The van der Waals surface area contributed by atoms with E-state index in [1.54, 1.807) is 12.1 Å². The monoisotopic (exact) mass is 414 g/mol. The lowest BCUT2D eigenvalue weighted by Crippen LogP contribution is -2.10. The highest BCUT2D eigenvalue weighted by atomic mass is 16.3. The molecule has 0 amide bonds. The molecule has 0 fully saturated rings. The van der Waals surface area contributed by atoms with Gasteiger partial charge in [-0.25, -0.2) is 0 Å². The van der Waals surface area contributed by atoms with Gasteiger partial charge in [-0.05, 0) is 76.4 Å². The lowest BCUT2D eigenvalue weighted by Gasteiger charge is -2.22. The number of rotatable bonds is 5. The Morgan fingerprint density at radius 3 is 2.16 bits per heavy atom. The fourth-order valence-corrected chi connectivity index (χ4v) is 4.01. The highest BCUT2D eigenvalue weighted by Crippen LogP contribution is 2.39. The Balaban J connectivity index is 2.44. The zero-order valence-corrected chi connectivity index (χ0v) is 18.9. The minimum Gasteiger partial charge on any atom is -0.508 e. The number of aromatic hydroxyl groups is 1. The Morgan fingerprint density at radius 2 is 1.58 bits per heavy atom. The Kier molecular flexibility index (Phi) is 6.35. The van der Waals surface area contributed by atoms with Crippen LogP contribution in [0.4, 0.5) is 0 Å². The Bertz CT molecular complexity index is 1140. The zero-order chi connectivity index (χ0) is 22.9. The second kappa shape index (κ2) is 8.81. The predicted octanol–water partition coefficient (Wildman–Crippen LogP) is 6.88. The molecule has 0 saturated carbocycles. The number of phenolic OH excluding ortho intramolecular Hbond substituents is 1. The highest BCUT2D eigenvalue weighted by molar-refractivity contribution is 6.08. The molecule has 0 radical (unpaired) electrons. The van der Waals surface area contributed by atoms with Crippen molar-refractivity contribution in [2.75, 3.05) is 0 Å². The van der Waals surface area contributed by atoms with Crippen molar-refractivity contribution in [1.82, 2.24) is 0 Å². The first-order valence-electron chi connectivity index (χ1n) is 10.6. The third-order valence-electron chi connectivity index (χ3n) is 5.69. The van der Waals surface area contributed by atoms with Crippen LogP contribution in [0.15, 0.2) is 72.4 Å². The number of ketones is 1. The molecule has 3 nitrogen and oxygen atoms in total. The molecule has 2 aromatic rings. The van der Waals surface area contributed by atoms with Crippen molar-refractivity contribution < 1.29 is 15.0 Å². The van der Waals surface area contributed by atoms with E-state index in [1.807, 2.05) is 77.1 Å². The average molecular weight is 415 g/mol. The zero-order valence-electron chi connectivity index (χ0n) is 18.9. The van der Waals surface area contributed by atoms with Crippen molar-refractivity contribution in [3.05, 3.63) is 100 Å². The van der Waals surface area contributed by atoms with E-state index in [2.05, 4.69) is 6.58 Å². The summed E-state index contributed by atoms with van der Waals surface area (Å²) >= 11 is 0. The summed E-state index contributed by atoms with van der Waals surface area (Å²) in [7, 11) is 0. The number of aliphatic hydroxyl groups is 1. The van der Waals surface area contributed by atoms with Crippen molar-refractivity contribution in [2.45, 2.75) is 40.5 Å². The van der Waals surface area contributed by atoms with Crippen LogP contribution < -0.4 is 0 Å². The van der Waals surface area contributed by atoms with Gasteiger partial charge in [-0.15, -0.1) is 0 Å². The van der Waals surface area contributed by atoms with Gasteiger partial charge in [-0.3, -0.25) is 4.79 Å². The standard InChI is InChI=1S/C28H30O3/c1-16(2)23-14-20(11-12-26(23)30)28(22-10-8-7-9-21(22)19(6)29)25-15-24(17(3)4)27(31)13-18(25)5/h7-17,29,31H,6H2,1-5H3/b28-20-. The average Bonchev–Trinajstić information content (AvgIpc) is 2.70. The van der Waals surface area contributed by atoms with E-state index in [4.69, 9.17) is 0 Å². The van der Waals surface area contributed by atoms with Gasteiger partial charge in [0.25, 0.3) is 0 Å². The van der Waals surface area contributed by atoms with E-state index in [1.165, 1.54) is 0 Å². The number of benzene rings is 2. The molecule has 0 bridgehead atoms. The molecule has 0 unspecified atom stereocenters. The van der Waals surface area contributed by atoms with Crippen LogP contribution in [0.5, 0.6) is 5.75 Å². The number of hydrogen-bond acceptors (Lipinski definition) is 3. The lowest BCUT2D eigenvalue weighted by atomic mass is 9.82. The van der Waals surface area contributed by atoms with Crippen molar-refractivity contribution >= 4 is 17.1 Å². The molecule has 3 heteroatoms. The molecule has 160 valence electrons. The molecule has 31 heavy (non-hydrogen) atoms. The first-order chi connectivity index (χ1) is 14.6. The fraction of sp³-hybridized carbons (Fsp3) is 0.250. The number of aryl methyl sites for hydroxylation is 1. The molecule has 2 aromatic carbocycles. The molecule has 0 atom stereocenters. The third-order valence-corrected chi connectivity index (χ3v) is 5.69. The maximum atomic E-state index is 12.4. The normalized spacial score (nSPS) is 15.5. The molecular weight excluding hydrogens is 384 g/mol. The molecule has 3 rings (SSSR count). The topological polar surface area (TPSA) is 57.5 Å². The molecule has 0 aliphatic heterocycles. The van der Waals surface area contributed by atoms with Crippen LogP contribution >= 0.6 is 0 Å². The van der Waals surface area contributed by atoms with Gasteiger partial charge >= 0.3 is 0 Å². The highest BCUT2D eigenvalue weighted by Gasteiger charge is 2.22. The molecule has 1 aliphatic rings. The minimum atomic E-state index is -0.0156. The van der Waals surface area contributed by atoms with Crippen LogP contribution in [-0.2, 0) is 4.79 Å². The Morgan fingerprint density at radius 1 is 0.935 bits per heavy atom. The lowest BCUT2D eigenvalue weighted by molar-refractivity contribution is -0.111. The molecule has 0 aromatic heterocycles. The number of allylic oxidation sites excluding steroid dienone is 5. The van der Waals surface area contributed by atoms with Crippen molar-refractivity contribution in [2.24, 2.45) is 5.92 Å². The summed E-state index contributed by atoms with van der Waals surface area (Å²) in [6.45, 7) is 13.8. The van der Waals surface area contributed by atoms with Crippen LogP contribution in [0.3, 0.4) is 0 Å². The van der Waals surface area contributed by atoms with Crippen LogP contribution in [0, 0.1) is 12.8 Å². The van der Waals surface area contributed by atoms with Gasteiger partial charge in [0.2, 0.25) is 0 Å². The molecule has 0 spiro atoms. The summed E-state index contributed by atoms with van der Waals surface area (Å²) in [5.74, 6) is 0.498. The summed E-state index contributed by atoms with van der Waals surface area (Å²) in [4.78, 5) is 12.4. The number of hydrogen-bond donors (Lipinski definition) is 2. The second-order valence-electron chi connectivity index (χ2n) is 8.66. The van der Waals surface area contributed by atoms with Crippen molar-refractivity contribution in [3.63, 3.8) is 0 Å². The summed E-state index contributed by atoms with van der Waals surface area (Å²) in [5.41, 5.74) is 6.70. The predicted molar refractivity (Wildman–Crippen MR) is 128 cm³/mol. The first kappa shape index (κ1) is 22.4. The number of carbonyl (C=O) groups excluding carboxylic acids is 1. The van der Waals surface area contributed by atoms with E-state index in [-0.39, 0.29) is 29.1 Å². The Labute approximate surface area is 184 Å². The van der Waals surface area contributed by atoms with Crippen LogP contribution in [0.1, 0.15) is 61.4 Å². The van der Waals surface area contributed by atoms with Gasteiger partial charge in [-0.2, -0.15) is 0 Å². The summed E-state index contributed by atoms with van der Waals surface area (Å²) in [6, 6.07) is 11.4. The van der Waals surface area contributed by atoms with E-state index >= 15 is 0 Å². The fourth-order valence-electron chi connectivity index (χ4n) is 4.01. The van der Waals surface area contributed by atoms with Crippen molar-refractivity contribution in [1.29, 1.82) is 0 Å². The summed E-state index contributed by atoms with van der Waals surface area (Å²) in [5, 5.41) is 20.8. The number of carbonyl (C=O) groups is 1. The minimum absolute atomic E-state index is 0.0156. The van der Waals surface area contributed by atoms with E-state index in [0.717, 1.165) is 39.0 Å². The van der Waals surface area contributed by atoms with E-state index in [0.29, 0.717) is 5.56 Å². The molecular formula is C28H30O3. The summed E-state index contributed by atoms with van der Waals surface area (Å²) in [6.07, 6.45) is 5.39. The van der Waals surface area contributed by atoms with Gasteiger partial charge in [-0.1, -0.05) is 64.6 Å². The SMILES string of the molecule is C=C(O)c1ccccc1/C(=C1\C=CC(=O)C(C(C)C)=C1)c1cc(C(C)C)c(O)cc1C. The quantitative estimate of drug-likeness (QED) is 0.525. The van der Waals surface area contributed by atoms with Gasteiger partial charge < -0.3 is 10.2 Å². The molecule has 1 aliphatic carbocycles. The number of phenols is 1. The number of aliphatic hydroxyl groups excluding tert-OH is 1.